The molecule has 1 saturated heterocycles. The molecule has 0 aliphatic carbocycles. The molecule has 130 valence electrons. The van der Waals surface area contributed by atoms with Crippen molar-refractivity contribution < 1.29 is 4.74 Å². The minimum absolute atomic E-state index is 0.642. The summed E-state index contributed by atoms with van der Waals surface area (Å²) in [5.74, 6) is 1.45. The van der Waals surface area contributed by atoms with Crippen LogP contribution in [0.1, 0.15) is 24.2 Å². The van der Waals surface area contributed by atoms with E-state index in [1.165, 1.54) is 18.5 Å². The Labute approximate surface area is 142 Å². The zero-order chi connectivity index (χ0) is 16.6. The molecule has 0 aromatic carbocycles. The van der Waals surface area contributed by atoms with Gasteiger partial charge in [0.1, 0.15) is 5.82 Å². The second kappa shape index (κ2) is 8.75. The maximum absolute atomic E-state index is 5.01. The molecule has 7 heteroatoms. The van der Waals surface area contributed by atoms with Crippen molar-refractivity contribution in [3.63, 3.8) is 0 Å². The second-order valence-electron chi connectivity index (χ2n) is 6.35. The maximum Gasteiger partial charge on any atom is 0.148 e. The first-order valence-corrected chi connectivity index (χ1v) is 8.58. The molecule has 0 radical (unpaired) electrons. The molecule has 0 bridgehead atoms. The van der Waals surface area contributed by atoms with Crippen LogP contribution in [0.15, 0.2) is 24.7 Å². The highest BCUT2D eigenvalue weighted by Gasteiger charge is 2.21. The predicted molar refractivity (Wildman–Crippen MR) is 92.7 cm³/mol. The predicted octanol–water partition coefficient (Wildman–Crippen LogP) is 1.71. The third-order valence-corrected chi connectivity index (χ3v) is 4.38. The van der Waals surface area contributed by atoms with E-state index in [9.17, 15) is 0 Å². The number of anilines is 1. The van der Waals surface area contributed by atoms with Crippen molar-refractivity contribution in [1.82, 2.24) is 25.1 Å². The molecule has 3 heterocycles. The molecule has 1 aliphatic heterocycles. The third kappa shape index (κ3) is 5.01. The van der Waals surface area contributed by atoms with Crippen molar-refractivity contribution in [2.75, 3.05) is 38.7 Å². The summed E-state index contributed by atoms with van der Waals surface area (Å²) in [6, 6.07) is 4.08. The second-order valence-corrected chi connectivity index (χ2v) is 6.35. The summed E-state index contributed by atoms with van der Waals surface area (Å²) < 4.78 is 5.01. The third-order valence-electron chi connectivity index (χ3n) is 4.38. The molecule has 1 atom stereocenters. The number of piperidine rings is 1. The number of H-pyrrole nitrogens is 1. The molecule has 1 aliphatic rings. The van der Waals surface area contributed by atoms with Gasteiger partial charge in [0.25, 0.3) is 0 Å². The molecule has 2 N–H and O–H groups in total. The first kappa shape index (κ1) is 16.9. The van der Waals surface area contributed by atoms with E-state index in [-0.39, 0.29) is 0 Å². The largest absolute Gasteiger partial charge is 0.383 e. The Bertz CT molecular complexity index is 586. The van der Waals surface area contributed by atoms with Gasteiger partial charge in [-0.1, -0.05) is 0 Å². The van der Waals surface area contributed by atoms with Gasteiger partial charge in [0.2, 0.25) is 0 Å². The normalized spacial score (nSPS) is 18.6. The van der Waals surface area contributed by atoms with Crippen LogP contribution in [0.25, 0.3) is 0 Å². The van der Waals surface area contributed by atoms with Gasteiger partial charge < -0.3 is 15.0 Å². The quantitative estimate of drug-likeness (QED) is 0.718. The Kier molecular flexibility index (Phi) is 6.14. The van der Waals surface area contributed by atoms with E-state index in [1.54, 1.807) is 13.4 Å². The van der Waals surface area contributed by atoms with Crippen molar-refractivity contribution in [3.05, 3.63) is 36.0 Å². The lowest BCUT2D eigenvalue weighted by Crippen LogP contribution is -2.36. The molecule has 0 amide bonds. The van der Waals surface area contributed by atoms with Gasteiger partial charge in [0.15, 0.2) is 0 Å². The fourth-order valence-electron chi connectivity index (χ4n) is 3.21. The number of ether oxygens (including phenoxy) is 1. The summed E-state index contributed by atoms with van der Waals surface area (Å²) in [5, 5.41) is 11.8. The molecule has 3 rings (SSSR count). The number of aromatic nitrogens is 4. The summed E-state index contributed by atoms with van der Waals surface area (Å²) in [6.07, 6.45) is 7.14. The van der Waals surface area contributed by atoms with E-state index in [2.05, 4.69) is 36.4 Å². The van der Waals surface area contributed by atoms with Crippen LogP contribution in [0.5, 0.6) is 0 Å². The minimum Gasteiger partial charge on any atom is -0.383 e. The van der Waals surface area contributed by atoms with Gasteiger partial charge in [-0.2, -0.15) is 5.10 Å². The fraction of sp³-hybridized carbons (Fsp3) is 0.588. The van der Waals surface area contributed by atoms with Crippen LogP contribution in [-0.2, 0) is 17.7 Å². The summed E-state index contributed by atoms with van der Waals surface area (Å²) >= 11 is 0. The lowest BCUT2D eigenvalue weighted by Gasteiger charge is -2.32. The lowest BCUT2D eigenvalue weighted by molar-refractivity contribution is 0.165. The van der Waals surface area contributed by atoms with Gasteiger partial charge in [-0.05, 0) is 43.9 Å². The van der Waals surface area contributed by atoms with Crippen LogP contribution in [0.4, 0.5) is 5.82 Å². The number of hydrogen-bond acceptors (Lipinski definition) is 6. The van der Waals surface area contributed by atoms with E-state index >= 15 is 0 Å². The first-order chi connectivity index (χ1) is 11.8. The van der Waals surface area contributed by atoms with Crippen LogP contribution in [0.3, 0.4) is 0 Å². The van der Waals surface area contributed by atoms with Gasteiger partial charge in [-0.25, -0.2) is 4.98 Å². The summed E-state index contributed by atoms with van der Waals surface area (Å²) in [6.45, 7) is 4.62. The maximum atomic E-state index is 5.01. The zero-order valence-corrected chi connectivity index (χ0v) is 14.2. The summed E-state index contributed by atoms with van der Waals surface area (Å²) in [5.41, 5.74) is 2.25. The number of rotatable bonds is 8. The Morgan fingerprint density at radius 2 is 2.33 bits per heavy atom. The summed E-state index contributed by atoms with van der Waals surface area (Å²) in [4.78, 5) is 9.78. The Balaban J connectivity index is 1.48. The van der Waals surface area contributed by atoms with Crippen LogP contribution in [-0.4, -0.2) is 58.4 Å². The topological polar surface area (TPSA) is 79.0 Å². The molecular weight excluding hydrogens is 304 g/mol. The van der Waals surface area contributed by atoms with Gasteiger partial charge in [-0.15, -0.1) is 5.10 Å². The number of imidazole rings is 1. The van der Waals surface area contributed by atoms with Crippen molar-refractivity contribution in [3.8, 4) is 0 Å². The lowest BCUT2D eigenvalue weighted by atomic mass is 9.93. The highest BCUT2D eigenvalue weighted by atomic mass is 16.5. The van der Waals surface area contributed by atoms with E-state index in [0.717, 1.165) is 44.1 Å². The molecule has 24 heavy (non-hydrogen) atoms. The minimum atomic E-state index is 0.642. The van der Waals surface area contributed by atoms with Gasteiger partial charge in [0, 0.05) is 38.6 Å². The van der Waals surface area contributed by atoms with E-state index < -0.39 is 0 Å². The van der Waals surface area contributed by atoms with Crippen LogP contribution in [0.2, 0.25) is 0 Å². The number of nitrogens with one attached hydrogen (secondary N) is 2. The Morgan fingerprint density at radius 1 is 1.38 bits per heavy atom. The van der Waals surface area contributed by atoms with Gasteiger partial charge >= 0.3 is 0 Å². The number of likely N-dealkylation sites (tertiary alicyclic amines) is 1. The fourth-order valence-corrected chi connectivity index (χ4v) is 3.21. The van der Waals surface area contributed by atoms with Crippen LogP contribution >= 0.6 is 0 Å². The molecule has 1 fully saturated rings. The standard InChI is InChI=1S/C17H26N6O/c1-24-8-6-19-17-5-4-15(21-22-17)9-14-3-2-7-23(11-14)12-16-10-18-13-20-16/h4-5,10,13-14H,2-3,6-9,11-12H2,1H3,(H,18,20)(H,19,22)/t14-/m1/s1. The molecule has 0 unspecified atom stereocenters. The number of nitrogens with zero attached hydrogens (tertiary/aromatic N) is 4. The van der Waals surface area contributed by atoms with Crippen LogP contribution < -0.4 is 5.32 Å². The monoisotopic (exact) mass is 330 g/mol. The van der Waals surface area contributed by atoms with Crippen molar-refractivity contribution in [2.45, 2.75) is 25.8 Å². The number of aromatic amines is 1. The average Bonchev–Trinajstić information content (AvgIpc) is 3.10. The van der Waals surface area contributed by atoms with Gasteiger partial charge in [-0.3, -0.25) is 4.90 Å². The van der Waals surface area contributed by atoms with E-state index in [1.807, 2.05) is 12.3 Å². The van der Waals surface area contributed by atoms with Crippen molar-refractivity contribution in [1.29, 1.82) is 0 Å². The number of methoxy groups -OCH3 is 1. The molecule has 2 aromatic heterocycles. The smallest absolute Gasteiger partial charge is 0.148 e. The Morgan fingerprint density at radius 3 is 3.08 bits per heavy atom. The van der Waals surface area contributed by atoms with Crippen molar-refractivity contribution in [2.24, 2.45) is 5.92 Å². The van der Waals surface area contributed by atoms with Gasteiger partial charge in [0.05, 0.1) is 18.6 Å². The molecule has 7 nitrogen and oxygen atoms in total. The van der Waals surface area contributed by atoms with E-state index in [4.69, 9.17) is 4.74 Å². The molecular formula is C17H26N6O. The Hall–Kier alpha value is -1.99. The molecule has 2 aromatic rings. The SMILES string of the molecule is COCCNc1ccc(C[C@H]2CCCN(Cc3cnc[nH]3)C2)nn1. The summed E-state index contributed by atoms with van der Waals surface area (Å²) in [7, 11) is 1.69. The van der Waals surface area contributed by atoms with E-state index in [0.29, 0.717) is 12.5 Å². The first-order valence-electron chi connectivity index (χ1n) is 8.58. The highest BCUT2D eigenvalue weighted by Crippen LogP contribution is 2.21. The molecule has 0 saturated carbocycles. The average molecular weight is 330 g/mol. The molecule has 0 spiro atoms. The van der Waals surface area contributed by atoms with Crippen molar-refractivity contribution >= 4 is 5.82 Å². The van der Waals surface area contributed by atoms with Crippen LogP contribution in [0, 0.1) is 5.92 Å². The number of hydrogen-bond donors (Lipinski definition) is 2. The highest BCUT2D eigenvalue weighted by molar-refractivity contribution is 5.32. The zero-order valence-electron chi connectivity index (χ0n) is 14.2.